The SMILES string of the molecule is Cl.OC[C@@H](O)[C@H](O)[C@H](O)CN(CCOc1ccc(CS)c(CS)c1)C[C@@H](O)[C@@H](O)[C@H](O)CO. The van der Waals surface area contributed by atoms with E-state index in [0.29, 0.717) is 17.3 Å². The Balaban J connectivity index is 0.0000102. The van der Waals surface area contributed by atoms with Crippen LogP contribution in [0.25, 0.3) is 0 Å². The van der Waals surface area contributed by atoms with Crippen molar-refractivity contribution in [2.75, 3.05) is 39.5 Å². The number of hydrogen-bond donors (Lipinski definition) is 10. The first-order valence-corrected chi connectivity index (χ1v) is 11.4. The van der Waals surface area contributed by atoms with Crippen molar-refractivity contribution in [3.8, 4) is 5.75 Å². The van der Waals surface area contributed by atoms with Gasteiger partial charge in [0.1, 0.15) is 36.8 Å². The van der Waals surface area contributed by atoms with E-state index < -0.39 is 49.8 Å². The lowest BCUT2D eigenvalue weighted by Gasteiger charge is -2.32. The molecule has 0 unspecified atom stereocenters. The number of aliphatic hydroxyl groups is 8. The molecule has 0 aromatic heterocycles. The number of halogens is 1. The molecule has 13 heteroatoms. The van der Waals surface area contributed by atoms with E-state index >= 15 is 0 Å². The molecule has 1 aromatic carbocycles. The van der Waals surface area contributed by atoms with Gasteiger partial charge in [-0.3, -0.25) is 4.90 Å². The Morgan fingerprint density at radius 2 is 1.24 bits per heavy atom. The maximum atomic E-state index is 10.2. The fraction of sp³-hybridized carbons (Fsp3) is 0.700. The predicted octanol–water partition coefficient (Wildman–Crippen LogP) is -2.20. The number of ether oxygens (including phenoxy) is 1. The number of hydrogen-bond acceptors (Lipinski definition) is 12. The van der Waals surface area contributed by atoms with Gasteiger partial charge < -0.3 is 45.6 Å². The van der Waals surface area contributed by atoms with Crippen LogP contribution in [0.5, 0.6) is 5.75 Å². The molecule has 0 saturated carbocycles. The van der Waals surface area contributed by atoms with Gasteiger partial charge in [-0.25, -0.2) is 0 Å². The number of aliphatic hydroxyl groups excluding tert-OH is 8. The van der Waals surface area contributed by atoms with Crippen LogP contribution in [0.3, 0.4) is 0 Å². The number of nitrogens with zero attached hydrogens (tertiary/aromatic N) is 1. The highest BCUT2D eigenvalue weighted by Gasteiger charge is 2.30. The van der Waals surface area contributed by atoms with Gasteiger partial charge in [0, 0.05) is 31.1 Å². The summed E-state index contributed by atoms with van der Waals surface area (Å²) >= 11 is 8.56. The highest BCUT2D eigenvalue weighted by molar-refractivity contribution is 7.79. The van der Waals surface area contributed by atoms with Gasteiger partial charge in [0.2, 0.25) is 0 Å². The van der Waals surface area contributed by atoms with Gasteiger partial charge in [0.15, 0.2) is 0 Å². The van der Waals surface area contributed by atoms with E-state index in [0.717, 1.165) is 11.1 Å². The van der Waals surface area contributed by atoms with Gasteiger partial charge >= 0.3 is 0 Å². The third-order valence-electron chi connectivity index (χ3n) is 5.04. The van der Waals surface area contributed by atoms with Crippen molar-refractivity contribution in [1.29, 1.82) is 0 Å². The molecule has 10 nitrogen and oxygen atoms in total. The smallest absolute Gasteiger partial charge is 0.119 e. The summed E-state index contributed by atoms with van der Waals surface area (Å²) in [7, 11) is 0. The van der Waals surface area contributed by atoms with E-state index in [1.54, 1.807) is 6.07 Å². The molecule has 0 spiro atoms. The number of rotatable bonds is 16. The Labute approximate surface area is 210 Å². The topological polar surface area (TPSA) is 174 Å². The van der Waals surface area contributed by atoms with Gasteiger partial charge in [-0.05, 0) is 23.3 Å². The van der Waals surface area contributed by atoms with Crippen molar-refractivity contribution in [3.63, 3.8) is 0 Å². The van der Waals surface area contributed by atoms with Crippen molar-refractivity contribution < 1.29 is 45.6 Å². The predicted molar refractivity (Wildman–Crippen MR) is 131 cm³/mol. The molecule has 0 aliphatic carbocycles. The lowest BCUT2D eigenvalue weighted by atomic mass is 10.1. The Morgan fingerprint density at radius 1 is 0.758 bits per heavy atom. The minimum Gasteiger partial charge on any atom is -0.492 e. The van der Waals surface area contributed by atoms with Gasteiger partial charge in [0.05, 0.1) is 25.4 Å². The molecular formula is C20H36ClNO9S2. The van der Waals surface area contributed by atoms with Crippen molar-refractivity contribution in [2.45, 2.75) is 48.1 Å². The second kappa shape index (κ2) is 17.1. The van der Waals surface area contributed by atoms with Crippen LogP contribution in [0.15, 0.2) is 18.2 Å². The van der Waals surface area contributed by atoms with Gasteiger partial charge in [0.25, 0.3) is 0 Å². The zero-order chi connectivity index (χ0) is 24.3. The second-order valence-electron chi connectivity index (χ2n) is 7.47. The van der Waals surface area contributed by atoms with Crippen LogP contribution in [0, 0.1) is 0 Å². The summed E-state index contributed by atoms with van der Waals surface area (Å²) in [6, 6.07) is 5.48. The minimum atomic E-state index is -1.64. The van der Waals surface area contributed by atoms with Gasteiger partial charge in [-0.1, -0.05) is 6.07 Å². The average Bonchev–Trinajstić information content (AvgIpc) is 2.81. The monoisotopic (exact) mass is 533 g/mol. The highest BCUT2D eigenvalue weighted by Crippen LogP contribution is 2.21. The van der Waals surface area contributed by atoms with Gasteiger partial charge in [-0.2, -0.15) is 25.3 Å². The summed E-state index contributed by atoms with van der Waals surface area (Å²) in [4.78, 5) is 1.46. The van der Waals surface area contributed by atoms with Crippen LogP contribution in [-0.4, -0.2) is 122 Å². The van der Waals surface area contributed by atoms with Crippen molar-refractivity contribution >= 4 is 37.7 Å². The fourth-order valence-corrected chi connectivity index (χ4v) is 3.62. The third-order valence-corrected chi connectivity index (χ3v) is 5.72. The fourth-order valence-electron chi connectivity index (χ4n) is 3.02. The van der Waals surface area contributed by atoms with Crippen LogP contribution in [0.4, 0.5) is 0 Å². The van der Waals surface area contributed by atoms with E-state index in [4.69, 9.17) is 14.9 Å². The van der Waals surface area contributed by atoms with Crippen LogP contribution in [0.2, 0.25) is 0 Å². The third kappa shape index (κ3) is 10.8. The van der Waals surface area contributed by atoms with Crippen molar-refractivity contribution in [1.82, 2.24) is 4.90 Å². The average molecular weight is 534 g/mol. The van der Waals surface area contributed by atoms with E-state index in [1.807, 2.05) is 12.1 Å². The lowest BCUT2D eigenvalue weighted by Crippen LogP contribution is -2.51. The molecule has 6 atom stereocenters. The van der Waals surface area contributed by atoms with E-state index in [1.165, 1.54) is 4.90 Å². The summed E-state index contributed by atoms with van der Waals surface area (Å²) in [6.45, 7) is -1.71. The molecule has 8 N–H and O–H groups in total. The van der Waals surface area contributed by atoms with E-state index in [2.05, 4.69) is 25.3 Å². The van der Waals surface area contributed by atoms with Crippen LogP contribution in [0.1, 0.15) is 11.1 Å². The molecule has 0 amide bonds. The van der Waals surface area contributed by atoms with Crippen LogP contribution >= 0.6 is 37.7 Å². The number of benzene rings is 1. The van der Waals surface area contributed by atoms with Crippen LogP contribution < -0.4 is 4.74 Å². The molecule has 0 radical (unpaired) electrons. The molecule has 0 aliphatic heterocycles. The summed E-state index contributed by atoms with van der Waals surface area (Å²) in [5, 5.41) is 77.1. The molecule has 0 fully saturated rings. The minimum absolute atomic E-state index is 0. The molecule has 0 bridgehead atoms. The Morgan fingerprint density at radius 3 is 1.67 bits per heavy atom. The first kappa shape index (κ1) is 32.7. The van der Waals surface area contributed by atoms with Crippen molar-refractivity contribution in [2.24, 2.45) is 0 Å². The maximum Gasteiger partial charge on any atom is 0.119 e. The Hall–Kier alpha value is -0.350. The zero-order valence-electron chi connectivity index (χ0n) is 18.1. The first-order chi connectivity index (χ1) is 15.2. The quantitative estimate of drug-likeness (QED) is 0.105. The highest BCUT2D eigenvalue weighted by atomic mass is 35.5. The van der Waals surface area contributed by atoms with Crippen LogP contribution in [-0.2, 0) is 11.5 Å². The molecule has 194 valence electrons. The standard InChI is InChI=1S/C20H35NO9S2.ClH/c22-8-17(26)19(28)15(24)6-21(7-16(25)20(29)18(27)9-23)3-4-30-14-2-1-12(10-31)13(5-14)11-32;/h1-2,5,15-20,22-29,31-32H,3-4,6-11H2;1H/t15-,16-,17-,18-,19-,20-;/m1./s1. The van der Waals surface area contributed by atoms with E-state index in [-0.39, 0.29) is 38.6 Å². The Bertz CT molecular complexity index is 640. The van der Waals surface area contributed by atoms with Crippen molar-refractivity contribution in [3.05, 3.63) is 29.3 Å². The Kier molecular flexibility index (Phi) is 17.0. The maximum absolute atomic E-state index is 10.2. The van der Waals surface area contributed by atoms with E-state index in [9.17, 15) is 30.6 Å². The largest absolute Gasteiger partial charge is 0.492 e. The molecule has 0 saturated heterocycles. The lowest BCUT2D eigenvalue weighted by molar-refractivity contribution is -0.101. The summed E-state index contributed by atoms with van der Waals surface area (Å²) in [5.41, 5.74) is 1.99. The molecule has 1 rings (SSSR count). The second-order valence-corrected chi connectivity index (χ2v) is 8.10. The first-order valence-electron chi connectivity index (χ1n) is 10.2. The molecule has 33 heavy (non-hydrogen) atoms. The molecular weight excluding hydrogens is 498 g/mol. The van der Waals surface area contributed by atoms with Gasteiger partial charge in [-0.15, -0.1) is 12.4 Å². The summed E-state index contributed by atoms with van der Waals surface area (Å²) < 4.78 is 5.73. The zero-order valence-corrected chi connectivity index (χ0v) is 20.7. The molecule has 0 aliphatic rings. The number of thiol groups is 2. The summed E-state index contributed by atoms with van der Waals surface area (Å²) in [6.07, 6.45) is -9.34. The molecule has 0 heterocycles. The summed E-state index contributed by atoms with van der Waals surface area (Å²) in [5.74, 6) is 1.64. The normalized spacial score (nSPS) is 17.1. The molecule has 1 aromatic rings.